The highest BCUT2D eigenvalue weighted by atomic mass is 32.2. The number of rotatable bonds is 5. The van der Waals surface area contributed by atoms with Crippen LogP contribution in [0.5, 0.6) is 0 Å². The van der Waals surface area contributed by atoms with Gasteiger partial charge in [0, 0.05) is 22.7 Å². The lowest BCUT2D eigenvalue weighted by atomic mass is 9.87. The average Bonchev–Trinajstić information content (AvgIpc) is 3.17. The van der Waals surface area contributed by atoms with Crippen molar-refractivity contribution >= 4 is 32.8 Å². The van der Waals surface area contributed by atoms with Gasteiger partial charge < -0.3 is 0 Å². The fraction of sp³-hybridized carbons (Fsp3) is 0.148. The molecule has 0 bridgehead atoms. The minimum Gasteiger partial charge on any atom is -0.289 e. The van der Waals surface area contributed by atoms with Crippen LogP contribution in [0, 0.1) is 0 Å². The van der Waals surface area contributed by atoms with Crippen LogP contribution in [-0.4, -0.2) is 18.2 Å². The first-order valence-corrected chi connectivity index (χ1v) is 11.9. The van der Waals surface area contributed by atoms with Gasteiger partial charge in [-0.2, -0.15) is 0 Å². The van der Waals surface area contributed by atoms with Crippen LogP contribution in [0.25, 0.3) is 17.0 Å². The number of hydrogen-bond acceptors (Lipinski definition) is 3. The van der Waals surface area contributed by atoms with Crippen LogP contribution in [0.3, 0.4) is 0 Å². The van der Waals surface area contributed by atoms with Crippen molar-refractivity contribution in [3.8, 4) is 0 Å². The maximum Gasteiger partial charge on any atom is 0.268 e. The zero-order valence-electron chi connectivity index (χ0n) is 18.3. The van der Waals surface area contributed by atoms with Crippen LogP contribution in [0.1, 0.15) is 42.3 Å². The molecular formula is C27H25NO3S. The van der Waals surface area contributed by atoms with E-state index in [0.29, 0.717) is 16.6 Å². The summed E-state index contributed by atoms with van der Waals surface area (Å²) in [6.45, 7) is 6.27. The maximum absolute atomic E-state index is 13.5. The Balaban J connectivity index is 1.76. The molecule has 0 radical (unpaired) electrons. The summed E-state index contributed by atoms with van der Waals surface area (Å²) in [7, 11) is -3.80. The summed E-state index contributed by atoms with van der Waals surface area (Å²) >= 11 is 0. The van der Waals surface area contributed by atoms with Gasteiger partial charge >= 0.3 is 0 Å². The van der Waals surface area contributed by atoms with Crippen LogP contribution < -0.4 is 0 Å². The third-order valence-electron chi connectivity index (χ3n) is 5.46. The number of allylic oxidation sites excluding steroid dienone is 1. The van der Waals surface area contributed by atoms with Crippen molar-refractivity contribution in [1.82, 2.24) is 3.97 Å². The Labute approximate surface area is 188 Å². The second-order valence-corrected chi connectivity index (χ2v) is 10.6. The summed E-state index contributed by atoms with van der Waals surface area (Å²) in [4.78, 5) is 12.7. The molecule has 3 aromatic carbocycles. The van der Waals surface area contributed by atoms with Crippen molar-refractivity contribution in [3.05, 3.63) is 108 Å². The number of carbonyl (C=O) groups excluding carboxylic acids is 1. The number of aromatic nitrogens is 1. The zero-order valence-corrected chi connectivity index (χ0v) is 19.1. The molecule has 0 amide bonds. The molecule has 0 N–H and O–H groups in total. The van der Waals surface area contributed by atoms with Gasteiger partial charge in [0.25, 0.3) is 10.0 Å². The second-order valence-electron chi connectivity index (χ2n) is 8.74. The molecule has 0 unspecified atom stereocenters. The maximum atomic E-state index is 13.5. The summed E-state index contributed by atoms with van der Waals surface area (Å²) in [6, 6.07) is 23.3. The molecule has 1 heterocycles. The molecule has 0 saturated heterocycles. The third-order valence-corrected chi connectivity index (χ3v) is 7.15. The first-order valence-electron chi connectivity index (χ1n) is 10.4. The molecule has 5 heteroatoms. The van der Waals surface area contributed by atoms with Gasteiger partial charge in [0.2, 0.25) is 0 Å². The number of para-hydroxylation sites is 1. The summed E-state index contributed by atoms with van der Waals surface area (Å²) in [5.74, 6) is -0.136. The second kappa shape index (κ2) is 8.24. The summed E-state index contributed by atoms with van der Waals surface area (Å²) in [5.41, 5.74) is 2.82. The fourth-order valence-corrected chi connectivity index (χ4v) is 4.99. The Bertz CT molecular complexity index is 1410. The summed E-state index contributed by atoms with van der Waals surface area (Å²) in [6.07, 6.45) is 4.73. The first-order chi connectivity index (χ1) is 15.2. The largest absolute Gasteiger partial charge is 0.289 e. The molecule has 0 saturated carbocycles. The van der Waals surface area contributed by atoms with E-state index in [1.54, 1.807) is 48.7 Å². The lowest BCUT2D eigenvalue weighted by Gasteiger charge is -2.19. The number of fused-ring (bicyclic) bond motifs is 1. The molecule has 0 aliphatic rings. The van der Waals surface area contributed by atoms with Crippen molar-refractivity contribution in [2.75, 3.05) is 0 Å². The standard InChI is InChI=1S/C27H25NO3S/c1-27(2,3)22-14-16-23(17-15-22)32(30,31)28-19-21(24-11-7-8-12-25(24)28)13-18-26(29)20-9-5-4-6-10-20/h4-19H,1-3H3/b18-13+. The van der Waals surface area contributed by atoms with E-state index in [0.717, 1.165) is 10.9 Å². The van der Waals surface area contributed by atoms with Crippen molar-refractivity contribution < 1.29 is 13.2 Å². The van der Waals surface area contributed by atoms with Gasteiger partial charge in [-0.1, -0.05) is 81.4 Å². The lowest BCUT2D eigenvalue weighted by Crippen LogP contribution is -2.14. The van der Waals surface area contributed by atoms with E-state index < -0.39 is 10.0 Å². The van der Waals surface area contributed by atoms with Crippen LogP contribution in [0.15, 0.2) is 96.0 Å². The number of hydrogen-bond donors (Lipinski definition) is 0. The first kappa shape index (κ1) is 21.8. The quantitative estimate of drug-likeness (QED) is 0.278. The van der Waals surface area contributed by atoms with E-state index in [2.05, 4.69) is 20.8 Å². The van der Waals surface area contributed by atoms with E-state index in [-0.39, 0.29) is 16.1 Å². The van der Waals surface area contributed by atoms with Gasteiger partial charge in [0.1, 0.15) is 0 Å². The van der Waals surface area contributed by atoms with E-state index in [1.807, 2.05) is 42.5 Å². The van der Waals surface area contributed by atoms with Crippen molar-refractivity contribution in [2.45, 2.75) is 31.1 Å². The highest BCUT2D eigenvalue weighted by molar-refractivity contribution is 7.90. The van der Waals surface area contributed by atoms with Gasteiger partial charge in [-0.15, -0.1) is 0 Å². The molecule has 4 rings (SSSR count). The molecule has 0 fully saturated rings. The molecule has 1 aromatic heterocycles. The van der Waals surface area contributed by atoms with Gasteiger partial charge in [-0.05, 0) is 41.3 Å². The van der Waals surface area contributed by atoms with Gasteiger partial charge in [0.05, 0.1) is 10.4 Å². The van der Waals surface area contributed by atoms with Crippen LogP contribution in [-0.2, 0) is 15.4 Å². The third kappa shape index (κ3) is 4.16. The monoisotopic (exact) mass is 443 g/mol. The predicted octanol–water partition coefficient (Wildman–Crippen LogP) is 6.07. The Morgan fingerprint density at radius 2 is 1.47 bits per heavy atom. The molecule has 0 spiro atoms. The molecular weight excluding hydrogens is 418 g/mol. The Hall–Kier alpha value is -3.44. The number of ketones is 1. The Kier molecular flexibility index (Phi) is 5.61. The van der Waals surface area contributed by atoms with Crippen LogP contribution >= 0.6 is 0 Å². The highest BCUT2D eigenvalue weighted by Crippen LogP contribution is 2.29. The molecule has 4 nitrogen and oxygen atoms in total. The van der Waals surface area contributed by atoms with E-state index in [1.165, 1.54) is 10.0 Å². The average molecular weight is 444 g/mol. The van der Waals surface area contributed by atoms with E-state index >= 15 is 0 Å². The molecule has 0 aliphatic heterocycles. The number of benzene rings is 3. The Morgan fingerprint density at radius 1 is 0.844 bits per heavy atom. The van der Waals surface area contributed by atoms with Crippen molar-refractivity contribution in [1.29, 1.82) is 0 Å². The molecule has 4 aromatic rings. The van der Waals surface area contributed by atoms with Gasteiger partial charge in [-0.3, -0.25) is 4.79 Å². The van der Waals surface area contributed by atoms with Crippen LogP contribution in [0.2, 0.25) is 0 Å². The molecule has 0 atom stereocenters. The minimum absolute atomic E-state index is 0.0638. The molecule has 32 heavy (non-hydrogen) atoms. The topological polar surface area (TPSA) is 56.1 Å². The zero-order chi connectivity index (χ0) is 22.9. The molecule has 0 aliphatic carbocycles. The fourth-order valence-electron chi connectivity index (χ4n) is 3.61. The number of carbonyl (C=O) groups is 1. The van der Waals surface area contributed by atoms with Crippen LogP contribution in [0.4, 0.5) is 0 Å². The minimum atomic E-state index is -3.80. The van der Waals surface area contributed by atoms with Crippen molar-refractivity contribution in [3.63, 3.8) is 0 Å². The Morgan fingerprint density at radius 3 is 2.12 bits per heavy atom. The predicted molar refractivity (Wildman–Crippen MR) is 129 cm³/mol. The summed E-state index contributed by atoms with van der Waals surface area (Å²) < 4.78 is 28.2. The smallest absolute Gasteiger partial charge is 0.268 e. The van der Waals surface area contributed by atoms with Gasteiger partial charge in [0.15, 0.2) is 5.78 Å². The lowest BCUT2D eigenvalue weighted by molar-refractivity contribution is 0.104. The highest BCUT2D eigenvalue weighted by Gasteiger charge is 2.22. The SMILES string of the molecule is CC(C)(C)c1ccc(S(=O)(=O)n2cc(/C=C/C(=O)c3ccccc3)c3ccccc32)cc1. The van der Waals surface area contributed by atoms with E-state index in [9.17, 15) is 13.2 Å². The van der Waals surface area contributed by atoms with E-state index in [4.69, 9.17) is 0 Å². The molecule has 162 valence electrons. The summed E-state index contributed by atoms with van der Waals surface area (Å²) in [5, 5.41) is 0.763. The number of nitrogens with zero attached hydrogens (tertiary/aromatic N) is 1. The van der Waals surface area contributed by atoms with Gasteiger partial charge in [-0.25, -0.2) is 12.4 Å². The normalized spacial score (nSPS) is 12.5. The van der Waals surface area contributed by atoms with Crippen molar-refractivity contribution in [2.24, 2.45) is 0 Å².